The van der Waals surface area contributed by atoms with Crippen molar-refractivity contribution in [3.8, 4) is 11.1 Å². The van der Waals surface area contributed by atoms with Crippen LogP contribution in [0.4, 0.5) is 0 Å². The summed E-state index contributed by atoms with van der Waals surface area (Å²) >= 11 is 6.09. The first-order valence-electron chi connectivity index (χ1n) is 8.60. The Balaban J connectivity index is 1.68. The minimum Gasteiger partial charge on any atom is -0.314 e. The topological polar surface area (TPSA) is 44.0 Å². The minimum absolute atomic E-state index is 0.248. The standard InChI is InChI=1S/C20H21ClN4/c21-19-7-5-17(6-8-19)20(25-11-9-22-10-12-25)16-3-1-15(2-4-16)18-13-23-24-14-18/h1-8,13-14,20,22H,9-12H2,(H,23,24). The Labute approximate surface area is 152 Å². The van der Waals surface area contributed by atoms with Gasteiger partial charge < -0.3 is 5.32 Å². The summed E-state index contributed by atoms with van der Waals surface area (Å²) in [6, 6.07) is 17.3. The summed E-state index contributed by atoms with van der Waals surface area (Å²) in [5.74, 6) is 0. The van der Waals surface area contributed by atoms with Gasteiger partial charge in [0.2, 0.25) is 0 Å². The lowest BCUT2D eigenvalue weighted by atomic mass is 9.95. The van der Waals surface area contributed by atoms with Gasteiger partial charge in [0.25, 0.3) is 0 Å². The van der Waals surface area contributed by atoms with Crippen molar-refractivity contribution >= 4 is 11.6 Å². The largest absolute Gasteiger partial charge is 0.314 e. The second-order valence-corrected chi connectivity index (χ2v) is 6.79. The highest BCUT2D eigenvalue weighted by Gasteiger charge is 2.23. The van der Waals surface area contributed by atoms with Crippen molar-refractivity contribution in [1.82, 2.24) is 20.4 Å². The first-order valence-corrected chi connectivity index (χ1v) is 8.98. The van der Waals surface area contributed by atoms with Gasteiger partial charge in [0.1, 0.15) is 0 Å². The Bertz CT molecular complexity index is 791. The minimum atomic E-state index is 0.248. The van der Waals surface area contributed by atoms with E-state index in [0.29, 0.717) is 0 Å². The molecule has 0 saturated carbocycles. The normalized spacial score (nSPS) is 16.7. The highest BCUT2D eigenvalue weighted by atomic mass is 35.5. The number of aromatic amines is 1. The number of nitrogens with zero attached hydrogens (tertiary/aromatic N) is 2. The third-order valence-electron chi connectivity index (χ3n) is 4.76. The van der Waals surface area contributed by atoms with Gasteiger partial charge in [0.05, 0.1) is 12.2 Å². The fourth-order valence-electron chi connectivity index (χ4n) is 3.47. The van der Waals surface area contributed by atoms with Crippen molar-refractivity contribution in [3.63, 3.8) is 0 Å². The number of piperazine rings is 1. The van der Waals surface area contributed by atoms with Crippen LogP contribution in [0.15, 0.2) is 60.9 Å². The molecule has 5 heteroatoms. The molecular weight excluding hydrogens is 332 g/mol. The molecule has 1 saturated heterocycles. The molecule has 0 amide bonds. The summed E-state index contributed by atoms with van der Waals surface area (Å²) in [6.07, 6.45) is 3.77. The molecule has 1 aromatic heterocycles. The van der Waals surface area contributed by atoms with Gasteiger partial charge in [-0.3, -0.25) is 10.00 Å². The van der Waals surface area contributed by atoms with Crippen LogP contribution in [0.2, 0.25) is 5.02 Å². The summed E-state index contributed by atoms with van der Waals surface area (Å²) < 4.78 is 0. The molecule has 4 rings (SSSR count). The van der Waals surface area contributed by atoms with Crippen molar-refractivity contribution < 1.29 is 0 Å². The van der Waals surface area contributed by atoms with Crippen LogP contribution in [-0.2, 0) is 0 Å². The maximum Gasteiger partial charge on any atom is 0.0602 e. The third kappa shape index (κ3) is 3.61. The summed E-state index contributed by atoms with van der Waals surface area (Å²) in [5, 5.41) is 11.1. The van der Waals surface area contributed by atoms with E-state index in [1.807, 2.05) is 24.5 Å². The fourth-order valence-corrected chi connectivity index (χ4v) is 3.59. The smallest absolute Gasteiger partial charge is 0.0602 e. The summed E-state index contributed by atoms with van der Waals surface area (Å²) in [7, 11) is 0. The number of hydrogen-bond acceptors (Lipinski definition) is 3. The van der Waals surface area contributed by atoms with Crippen molar-refractivity contribution in [2.24, 2.45) is 0 Å². The number of halogens is 1. The zero-order chi connectivity index (χ0) is 17.1. The van der Waals surface area contributed by atoms with Crippen LogP contribution < -0.4 is 5.32 Å². The van der Waals surface area contributed by atoms with Crippen molar-refractivity contribution in [3.05, 3.63) is 77.1 Å². The predicted octanol–water partition coefficient (Wildman–Crippen LogP) is 3.72. The Morgan fingerprint density at radius 1 is 0.880 bits per heavy atom. The first-order chi connectivity index (χ1) is 12.3. The molecule has 3 aromatic rings. The Hall–Kier alpha value is -2.14. The van der Waals surface area contributed by atoms with E-state index < -0.39 is 0 Å². The lowest BCUT2D eigenvalue weighted by molar-refractivity contribution is 0.198. The second-order valence-electron chi connectivity index (χ2n) is 6.35. The summed E-state index contributed by atoms with van der Waals surface area (Å²) in [4.78, 5) is 2.53. The lowest BCUT2D eigenvalue weighted by Crippen LogP contribution is -2.45. The van der Waals surface area contributed by atoms with Crippen LogP contribution in [-0.4, -0.2) is 41.3 Å². The Morgan fingerprint density at radius 3 is 2.12 bits per heavy atom. The van der Waals surface area contributed by atoms with Crippen LogP contribution in [0.1, 0.15) is 17.2 Å². The number of rotatable bonds is 4. The van der Waals surface area contributed by atoms with Crippen molar-refractivity contribution in [2.45, 2.75) is 6.04 Å². The van der Waals surface area contributed by atoms with E-state index in [1.54, 1.807) is 0 Å². The van der Waals surface area contributed by atoms with Crippen LogP contribution in [0.3, 0.4) is 0 Å². The van der Waals surface area contributed by atoms with Crippen LogP contribution in [0, 0.1) is 0 Å². The molecule has 1 fully saturated rings. The van der Waals surface area contributed by atoms with Crippen molar-refractivity contribution in [1.29, 1.82) is 0 Å². The van der Waals surface area contributed by atoms with Gasteiger partial charge in [-0.05, 0) is 28.8 Å². The number of H-pyrrole nitrogens is 1. The highest BCUT2D eigenvalue weighted by Crippen LogP contribution is 2.31. The molecule has 0 bridgehead atoms. The number of benzene rings is 2. The molecule has 2 aromatic carbocycles. The summed E-state index contributed by atoms with van der Waals surface area (Å²) in [5.41, 5.74) is 4.86. The van der Waals surface area contributed by atoms with E-state index >= 15 is 0 Å². The van der Waals surface area contributed by atoms with Gasteiger partial charge in [-0.1, -0.05) is 48.0 Å². The highest BCUT2D eigenvalue weighted by molar-refractivity contribution is 6.30. The molecule has 1 atom stereocenters. The molecule has 0 spiro atoms. The SMILES string of the molecule is Clc1ccc(C(c2ccc(-c3cn[nH]c3)cc2)N2CCNCC2)cc1. The maximum atomic E-state index is 6.09. The second kappa shape index (κ2) is 7.40. The van der Waals surface area contributed by atoms with E-state index in [9.17, 15) is 0 Å². The van der Waals surface area contributed by atoms with Gasteiger partial charge in [0, 0.05) is 43.0 Å². The van der Waals surface area contributed by atoms with Crippen LogP contribution >= 0.6 is 11.6 Å². The number of hydrogen-bond donors (Lipinski definition) is 2. The molecule has 0 aliphatic carbocycles. The third-order valence-corrected chi connectivity index (χ3v) is 5.01. The van der Waals surface area contributed by atoms with E-state index in [0.717, 1.165) is 36.8 Å². The Morgan fingerprint density at radius 2 is 1.52 bits per heavy atom. The average Bonchev–Trinajstić information content (AvgIpc) is 3.20. The lowest BCUT2D eigenvalue weighted by Gasteiger charge is -2.35. The maximum absolute atomic E-state index is 6.09. The van der Waals surface area contributed by atoms with Gasteiger partial charge in [-0.2, -0.15) is 5.10 Å². The molecule has 2 heterocycles. The molecule has 1 aliphatic heterocycles. The monoisotopic (exact) mass is 352 g/mol. The first kappa shape index (κ1) is 16.3. The van der Waals surface area contributed by atoms with E-state index in [-0.39, 0.29) is 6.04 Å². The van der Waals surface area contributed by atoms with Crippen LogP contribution in [0.25, 0.3) is 11.1 Å². The predicted molar refractivity (Wildman–Crippen MR) is 102 cm³/mol. The van der Waals surface area contributed by atoms with Crippen LogP contribution in [0.5, 0.6) is 0 Å². The molecule has 1 aliphatic rings. The molecule has 0 radical (unpaired) electrons. The average molecular weight is 353 g/mol. The van der Waals surface area contributed by atoms with E-state index in [4.69, 9.17) is 11.6 Å². The quantitative estimate of drug-likeness (QED) is 0.752. The summed E-state index contributed by atoms with van der Waals surface area (Å²) in [6.45, 7) is 4.13. The van der Waals surface area contributed by atoms with Gasteiger partial charge in [-0.15, -0.1) is 0 Å². The molecule has 25 heavy (non-hydrogen) atoms. The Kier molecular flexibility index (Phi) is 4.83. The molecule has 2 N–H and O–H groups in total. The number of aromatic nitrogens is 2. The van der Waals surface area contributed by atoms with Crippen molar-refractivity contribution in [2.75, 3.05) is 26.2 Å². The number of nitrogens with one attached hydrogen (secondary N) is 2. The van der Waals surface area contributed by atoms with E-state index in [2.05, 4.69) is 56.8 Å². The van der Waals surface area contributed by atoms with Gasteiger partial charge in [-0.25, -0.2) is 0 Å². The molecule has 1 unspecified atom stereocenters. The molecule has 128 valence electrons. The van der Waals surface area contributed by atoms with E-state index in [1.165, 1.54) is 16.7 Å². The zero-order valence-electron chi connectivity index (χ0n) is 14.0. The van der Waals surface area contributed by atoms with Gasteiger partial charge >= 0.3 is 0 Å². The van der Waals surface area contributed by atoms with Gasteiger partial charge in [0.15, 0.2) is 0 Å². The zero-order valence-corrected chi connectivity index (χ0v) is 14.7. The molecular formula is C20H21ClN4. The molecule has 4 nitrogen and oxygen atoms in total. The fraction of sp³-hybridized carbons (Fsp3) is 0.250.